The molecule has 0 unspecified atom stereocenters. The maximum Gasteiger partial charge on any atom is 0.271 e. The van der Waals surface area contributed by atoms with Crippen molar-refractivity contribution < 1.29 is 9.59 Å². The SMILES string of the molecule is CNN1C(=O)C(C)=C(C)C1=O. The minimum Gasteiger partial charge on any atom is -0.267 e. The van der Waals surface area contributed by atoms with Gasteiger partial charge in [-0.2, -0.15) is 0 Å². The number of carbonyl (C=O) groups excluding carboxylic acids is 2. The minimum absolute atomic E-state index is 0.255. The number of hydrogen-bond acceptors (Lipinski definition) is 3. The van der Waals surface area contributed by atoms with Crippen molar-refractivity contribution in [1.82, 2.24) is 10.4 Å². The van der Waals surface area contributed by atoms with E-state index in [-0.39, 0.29) is 11.8 Å². The molecule has 0 spiro atoms. The summed E-state index contributed by atoms with van der Waals surface area (Å²) in [5.41, 5.74) is 3.55. The van der Waals surface area contributed by atoms with Crippen LogP contribution in [0.5, 0.6) is 0 Å². The summed E-state index contributed by atoms with van der Waals surface area (Å²) in [4.78, 5) is 22.3. The largest absolute Gasteiger partial charge is 0.271 e. The predicted octanol–water partition coefficient (Wildman–Crippen LogP) is -0.174. The van der Waals surface area contributed by atoms with E-state index < -0.39 is 0 Å². The highest BCUT2D eigenvalue weighted by atomic mass is 16.2. The van der Waals surface area contributed by atoms with E-state index in [1.165, 1.54) is 0 Å². The van der Waals surface area contributed by atoms with Crippen LogP contribution in [0.15, 0.2) is 11.1 Å². The Morgan fingerprint density at radius 3 is 1.64 bits per heavy atom. The zero-order valence-corrected chi connectivity index (χ0v) is 6.76. The van der Waals surface area contributed by atoms with Gasteiger partial charge in [0.2, 0.25) is 0 Å². The molecule has 4 nitrogen and oxygen atoms in total. The molecular formula is C7H10N2O2. The van der Waals surface area contributed by atoms with Crippen molar-refractivity contribution in [3.05, 3.63) is 11.1 Å². The van der Waals surface area contributed by atoms with Crippen LogP contribution in [0.3, 0.4) is 0 Å². The van der Waals surface area contributed by atoms with Crippen LogP contribution in [0.1, 0.15) is 13.8 Å². The molecule has 11 heavy (non-hydrogen) atoms. The maximum absolute atomic E-state index is 11.1. The lowest BCUT2D eigenvalue weighted by atomic mass is 10.2. The topological polar surface area (TPSA) is 49.4 Å². The van der Waals surface area contributed by atoms with E-state index in [4.69, 9.17) is 0 Å². The van der Waals surface area contributed by atoms with E-state index >= 15 is 0 Å². The van der Waals surface area contributed by atoms with E-state index in [9.17, 15) is 9.59 Å². The van der Waals surface area contributed by atoms with Crippen LogP contribution >= 0.6 is 0 Å². The average molecular weight is 154 g/mol. The molecule has 60 valence electrons. The first-order chi connectivity index (χ1) is 5.09. The van der Waals surface area contributed by atoms with E-state index in [0.29, 0.717) is 11.1 Å². The van der Waals surface area contributed by atoms with E-state index in [1.807, 2.05) is 0 Å². The van der Waals surface area contributed by atoms with Gasteiger partial charge in [-0.05, 0) is 13.8 Å². The number of imide groups is 1. The van der Waals surface area contributed by atoms with E-state index in [1.54, 1.807) is 20.9 Å². The molecule has 1 aliphatic rings. The van der Waals surface area contributed by atoms with Gasteiger partial charge in [0.05, 0.1) is 0 Å². The standard InChI is InChI=1S/C7H10N2O2/c1-4-5(2)7(11)9(8-3)6(4)10/h8H,1-3H3. The molecule has 0 atom stereocenters. The fourth-order valence-corrected chi connectivity index (χ4v) is 0.952. The quantitative estimate of drug-likeness (QED) is 0.533. The van der Waals surface area contributed by atoms with Crippen LogP contribution in [0.25, 0.3) is 0 Å². The summed E-state index contributed by atoms with van der Waals surface area (Å²) in [6, 6.07) is 0. The summed E-state index contributed by atoms with van der Waals surface area (Å²) in [6.45, 7) is 3.29. The third-order valence-electron chi connectivity index (χ3n) is 1.83. The summed E-state index contributed by atoms with van der Waals surface area (Å²) in [5, 5.41) is 1.00. The van der Waals surface area contributed by atoms with E-state index in [0.717, 1.165) is 5.01 Å². The summed E-state index contributed by atoms with van der Waals surface area (Å²) in [5.74, 6) is -0.509. The molecule has 1 heterocycles. The number of amides is 2. The Kier molecular flexibility index (Phi) is 1.78. The lowest BCUT2D eigenvalue weighted by molar-refractivity contribution is -0.140. The third-order valence-corrected chi connectivity index (χ3v) is 1.83. The van der Waals surface area contributed by atoms with Gasteiger partial charge in [-0.25, -0.2) is 10.4 Å². The van der Waals surface area contributed by atoms with Gasteiger partial charge in [-0.1, -0.05) is 0 Å². The second kappa shape index (κ2) is 2.47. The molecule has 4 heteroatoms. The Hall–Kier alpha value is -1.16. The van der Waals surface area contributed by atoms with Gasteiger partial charge in [-0.3, -0.25) is 9.59 Å². The number of nitrogens with one attached hydrogen (secondary N) is 1. The Balaban J connectivity index is 3.02. The summed E-state index contributed by atoms with van der Waals surface area (Å²) >= 11 is 0. The Morgan fingerprint density at radius 2 is 1.45 bits per heavy atom. The van der Waals surface area contributed by atoms with Crippen molar-refractivity contribution in [2.24, 2.45) is 0 Å². The second-order valence-electron chi connectivity index (χ2n) is 2.42. The van der Waals surface area contributed by atoms with Crippen LogP contribution in [-0.4, -0.2) is 23.9 Å². The lowest BCUT2D eigenvalue weighted by Gasteiger charge is -2.11. The van der Waals surface area contributed by atoms with Gasteiger partial charge in [0.1, 0.15) is 0 Å². The third kappa shape index (κ3) is 0.952. The first-order valence-electron chi connectivity index (χ1n) is 3.33. The number of carbonyl (C=O) groups is 2. The van der Waals surface area contributed by atoms with Gasteiger partial charge in [0, 0.05) is 18.2 Å². The highest BCUT2D eigenvalue weighted by Gasteiger charge is 2.32. The average Bonchev–Trinajstić information content (AvgIpc) is 2.17. The maximum atomic E-state index is 11.1. The molecule has 1 rings (SSSR count). The molecule has 1 N–H and O–H groups in total. The monoisotopic (exact) mass is 154 g/mol. The van der Waals surface area contributed by atoms with Crippen LogP contribution in [0.2, 0.25) is 0 Å². The number of rotatable bonds is 1. The molecule has 0 aromatic rings. The molecule has 0 aromatic carbocycles. The minimum atomic E-state index is -0.255. The fourth-order valence-electron chi connectivity index (χ4n) is 0.952. The Morgan fingerprint density at radius 1 is 1.09 bits per heavy atom. The van der Waals surface area contributed by atoms with Gasteiger partial charge >= 0.3 is 0 Å². The molecule has 0 aliphatic carbocycles. The smallest absolute Gasteiger partial charge is 0.267 e. The number of hydrogen-bond donors (Lipinski definition) is 1. The highest BCUT2D eigenvalue weighted by molar-refractivity contribution is 6.18. The zero-order chi connectivity index (χ0) is 8.59. The predicted molar refractivity (Wildman–Crippen MR) is 39.3 cm³/mol. The molecule has 0 fully saturated rings. The van der Waals surface area contributed by atoms with Crippen molar-refractivity contribution in [1.29, 1.82) is 0 Å². The van der Waals surface area contributed by atoms with E-state index in [2.05, 4.69) is 5.43 Å². The van der Waals surface area contributed by atoms with Crippen LogP contribution in [0, 0.1) is 0 Å². The first-order valence-corrected chi connectivity index (χ1v) is 3.33. The molecule has 0 saturated carbocycles. The molecule has 1 aliphatic heterocycles. The van der Waals surface area contributed by atoms with Gasteiger partial charge in [0.25, 0.3) is 11.8 Å². The van der Waals surface area contributed by atoms with Crippen molar-refractivity contribution in [2.45, 2.75) is 13.8 Å². The van der Waals surface area contributed by atoms with Gasteiger partial charge in [0.15, 0.2) is 0 Å². The summed E-state index contributed by atoms with van der Waals surface area (Å²) in [6.07, 6.45) is 0. The zero-order valence-electron chi connectivity index (χ0n) is 6.76. The van der Waals surface area contributed by atoms with Gasteiger partial charge in [-0.15, -0.1) is 0 Å². The summed E-state index contributed by atoms with van der Waals surface area (Å²) < 4.78 is 0. The number of nitrogens with zero attached hydrogens (tertiary/aromatic N) is 1. The van der Waals surface area contributed by atoms with Crippen molar-refractivity contribution in [2.75, 3.05) is 7.05 Å². The Bertz CT molecular complexity index is 231. The summed E-state index contributed by atoms with van der Waals surface area (Å²) in [7, 11) is 1.54. The highest BCUT2D eigenvalue weighted by Crippen LogP contribution is 2.16. The molecule has 0 aromatic heterocycles. The normalized spacial score (nSPS) is 18.6. The van der Waals surface area contributed by atoms with Gasteiger partial charge < -0.3 is 0 Å². The number of hydrazine groups is 1. The molecule has 0 radical (unpaired) electrons. The van der Waals surface area contributed by atoms with Crippen molar-refractivity contribution in [3.63, 3.8) is 0 Å². The fraction of sp³-hybridized carbons (Fsp3) is 0.429. The Labute approximate surface area is 64.8 Å². The van der Waals surface area contributed by atoms with Crippen molar-refractivity contribution in [3.8, 4) is 0 Å². The van der Waals surface area contributed by atoms with Crippen molar-refractivity contribution >= 4 is 11.8 Å². The lowest BCUT2D eigenvalue weighted by Crippen LogP contribution is -2.41. The van der Waals surface area contributed by atoms with Crippen LogP contribution < -0.4 is 5.43 Å². The molecule has 2 amide bonds. The van der Waals surface area contributed by atoms with Crippen LogP contribution in [-0.2, 0) is 9.59 Å². The van der Waals surface area contributed by atoms with Crippen LogP contribution in [0.4, 0.5) is 0 Å². The molecule has 0 bridgehead atoms. The first kappa shape index (κ1) is 7.94. The molecular weight excluding hydrogens is 144 g/mol. The molecule has 0 saturated heterocycles. The second-order valence-corrected chi connectivity index (χ2v) is 2.42.